The zero-order valence-electron chi connectivity index (χ0n) is 18.9. The van der Waals surface area contributed by atoms with Crippen LogP contribution in [0.2, 0.25) is 0 Å². The Hall–Kier alpha value is -3.02. The highest BCUT2D eigenvalue weighted by atomic mass is 16.5. The summed E-state index contributed by atoms with van der Waals surface area (Å²) in [5.41, 5.74) is 2.44. The van der Waals surface area contributed by atoms with Gasteiger partial charge in [0.15, 0.2) is 0 Å². The molecule has 0 aromatic heterocycles. The number of piperazine rings is 1. The molecule has 0 atom stereocenters. The highest BCUT2D eigenvalue weighted by molar-refractivity contribution is 6.04. The lowest BCUT2D eigenvalue weighted by atomic mass is 10.1. The van der Waals surface area contributed by atoms with Gasteiger partial charge < -0.3 is 19.9 Å². The van der Waals surface area contributed by atoms with E-state index in [0.717, 1.165) is 43.3 Å². The van der Waals surface area contributed by atoms with Crippen molar-refractivity contribution in [2.45, 2.75) is 40.2 Å². The molecule has 0 bridgehead atoms. The second-order valence-corrected chi connectivity index (χ2v) is 8.66. The molecule has 0 aliphatic carbocycles. The Kier molecular flexibility index (Phi) is 7.55. The largest absolute Gasteiger partial charge is 0.491 e. The zero-order valence-corrected chi connectivity index (χ0v) is 18.9. The van der Waals surface area contributed by atoms with E-state index in [1.54, 1.807) is 12.1 Å². The van der Waals surface area contributed by atoms with Crippen molar-refractivity contribution in [3.05, 3.63) is 54.1 Å². The minimum atomic E-state index is -0.152. The second-order valence-electron chi connectivity index (χ2n) is 8.66. The highest BCUT2D eigenvalue weighted by Gasteiger charge is 2.21. The van der Waals surface area contributed by atoms with E-state index in [0.29, 0.717) is 17.9 Å². The van der Waals surface area contributed by atoms with Gasteiger partial charge in [0.25, 0.3) is 5.91 Å². The van der Waals surface area contributed by atoms with Gasteiger partial charge >= 0.3 is 0 Å². The number of ether oxygens (including phenoxy) is 1. The third kappa shape index (κ3) is 6.48. The van der Waals surface area contributed by atoms with Gasteiger partial charge in [-0.25, -0.2) is 0 Å². The first-order chi connectivity index (χ1) is 14.8. The van der Waals surface area contributed by atoms with Crippen molar-refractivity contribution < 1.29 is 14.3 Å². The Labute approximate surface area is 185 Å². The lowest BCUT2D eigenvalue weighted by Gasteiger charge is -2.36. The van der Waals surface area contributed by atoms with Crippen LogP contribution in [0, 0.1) is 5.92 Å². The van der Waals surface area contributed by atoms with Gasteiger partial charge in [0.2, 0.25) is 5.91 Å². The number of hydrogen-bond donors (Lipinski definition) is 1. The molecule has 0 unspecified atom stereocenters. The molecule has 31 heavy (non-hydrogen) atoms. The average molecular weight is 424 g/mol. The normalized spacial score (nSPS) is 14.1. The molecule has 6 heteroatoms. The van der Waals surface area contributed by atoms with Crippen molar-refractivity contribution in [1.82, 2.24) is 4.90 Å². The monoisotopic (exact) mass is 423 g/mol. The molecule has 1 heterocycles. The van der Waals surface area contributed by atoms with Crippen LogP contribution < -0.4 is 15.0 Å². The number of carbonyl (C=O) groups excluding carboxylic acids is 2. The second kappa shape index (κ2) is 10.3. The molecule has 1 N–H and O–H groups in total. The van der Waals surface area contributed by atoms with Crippen molar-refractivity contribution in [3.63, 3.8) is 0 Å². The van der Waals surface area contributed by atoms with Crippen molar-refractivity contribution in [2.24, 2.45) is 5.92 Å². The van der Waals surface area contributed by atoms with Crippen LogP contribution in [0.4, 0.5) is 11.4 Å². The minimum Gasteiger partial charge on any atom is -0.491 e. The Morgan fingerprint density at radius 2 is 1.52 bits per heavy atom. The van der Waals surface area contributed by atoms with E-state index in [-0.39, 0.29) is 17.9 Å². The van der Waals surface area contributed by atoms with Gasteiger partial charge in [-0.2, -0.15) is 0 Å². The maximum atomic E-state index is 12.5. The van der Waals surface area contributed by atoms with Crippen molar-refractivity contribution in [3.8, 4) is 5.75 Å². The summed E-state index contributed by atoms with van der Waals surface area (Å²) in [6, 6.07) is 15.0. The summed E-state index contributed by atoms with van der Waals surface area (Å²) < 4.78 is 5.62. The van der Waals surface area contributed by atoms with Crippen LogP contribution in [-0.2, 0) is 4.79 Å². The molecule has 0 spiro atoms. The Balaban J connectivity index is 1.52. The topological polar surface area (TPSA) is 61.9 Å². The van der Waals surface area contributed by atoms with Crippen molar-refractivity contribution in [1.29, 1.82) is 0 Å². The van der Waals surface area contributed by atoms with E-state index in [1.807, 2.05) is 55.1 Å². The van der Waals surface area contributed by atoms with E-state index >= 15 is 0 Å². The molecule has 1 aliphatic heterocycles. The smallest absolute Gasteiger partial charge is 0.255 e. The third-order valence-corrected chi connectivity index (χ3v) is 5.19. The number of rotatable bonds is 7. The number of amides is 2. The summed E-state index contributed by atoms with van der Waals surface area (Å²) in [7, 11) is 0. The molecule has 1 fully saturated rings. The van der Waals surface area contributed by atoms with E-state index in [9.17, 15) is 9.59 Å². The summed E-state index contributed by atoms with van der Waals surface area (Å²) in [4.78, 5) is 29.0. The molecule has 1 aliphatic rings. The average Bonchev–Trinajstić information content (AvgIpc) is 2.74. The molecule has 0 radical (unpaired) electrons. The van der Waals surface area contributed by atoms with Crippen molar-refractivity contribution >= 4 is 23.2 Å². The number of carbonyl (C=O) groups is 2. The highest BCUT2D eigenvalue weighted by Crippen LogP contribution is 2.21. The molecule has 0 saturated carbocycles. The number of benzene rings is 2. The van der Waals surface area contributed by atoms with Crippen LogP contribution in [-0.4, -0.2) is 49.0 Å². The Morgan fingerprint density at radius 3 is 2.06 bits per heavy atom. The zero-order chi connectivity index (χ0) is 22.4. The first-order valence-corrected chi connectivity index (χ1v) is 11.0. The maximum Gasteiger partial charge on any atom is 0.255 e. The summed E-state index contributed by atoms with van der Waals surface area (Å²) in [6.07, 6.45) is 0.712. The summed E-state index contributed by atoms with van der Waals surface area (Å²) in [6.45, 7) is 11.2. The van der Waals surface area contributed by atoms with E-state index in [2.05, 4.69) is 24.1 Å². The number of nitrogens with zero attached hydrogens (tertiary/aromatic N) is 2. The van der Waals surface area contributed by atoms with Crippen LogP contribution >= 0.6 is 0 Å². The number of anilines is 2. The van der Waals surface area contributed by atoms with Crippen LogP contribution in [0.5, 0.6) is 5.75 Å². The van der Waals surface area contributed by atoms with Crippen LogP contribution in [0.1, 0.15) is 44.5 Å². The van der Waals surface area contributed by atoms with E-state index < -0.39 is 0 Å². The van der Waals surface area contributed by atoms with Crippen LogP contribution in [0.25, 0.3) is 0 Å². The number of nitrogens with one attached hydrogen (secondary N) is 1. The summed E-state index contributed by atoms with van der Waals surface area (Å²) in [5, 5.41) is 2.94. The fourth-order valence-electron chi connectivity index (χ4n) is 3.61. The molecule has 3 rings (SSSR count). The third-order valence-electron chi connectivity index (χ3n) is 5.19. The standard InChI is InChI=1S/C25H33N3O3/c1-18(2)17-24(29)28-15-13-27(14-16-28)22-9-7-21(8-10-22)26-25(30)20-5-11-23(12-6-20)31-19(3)4/h5-12,18-19H,13-17H2,1-4H3,(H,26,30). The minimum absolute atomic E-state index is 0.0988. The van der Waals surface area contributed by atoms with Gasteiger partial charge in [0, 0.05) is 49.5 Å². The Morgan fingerprint density at radius 1 is 0.903 bits per heavy atom. The van der Waals surface area contributed by atoms with Gasteiger partial charge in [0.05, 0.1) is 6.10 Å². The van der Waals surface area contributed by atoms with Gasteiger partial charge in [-0.05, 0) is 68.3 Å². The SMILES string of the molecule is CC(C)CC(=O)N1CCN(c2ccc(NC(=O)c3ccc(OC(C)C)cc3)cc2)CC1. The first kappa shape index (κ1) is 22.7. The van der Waals surface area contributed by atoms with E-state index in [4.69, 9.17) is 4.74 Å². The number of hydrogen-bond acceptors (Lipinski definition) is 4. The van der Waals surface area contributed by atoms with Gasteiger partial charge in [0.1, 0.15) is 5.75 Å². The van der Waals surface area contributed by atoms with E-state index in [1.165, 1.54) is 0 Å². The van der Waals surface area contributed by atoms with Gasteiger partial charge in [-0.3, -0.25) is 9.59 Å². The maximum absolute atomic E-state index is 12.5. The quantitative estimate of drug-likeness (QED) is 0.716. The predicted octanol–water partition coefficient (Wildman–Crippen LogP) is 4.42. The predicted molar refractivity (Wildman–Crippen MR) is 125 cm³/mol. The summed E-state index contributed by atoms with van der Waals surface area (Å²) >= 11 is 0. The molecule has 166 valence electrons. The lowest BCUT2D eigenvalue weighted by Crippen LogP contribution is -2.49. The van der Waals surface area contributed by atoms with Crippen LogP contribution in [0.3, 0.4) is 0 Å². The molecular weight excluding hydrogens is 390 g/mol. The molecule has 2 aromatic carbocycles. The fraction of sp³-hybridized carbons (Fsp3) is 0.440. The molecular formula is C25H33N3O3. The molecule has 2 aromatic rings. The lowest BCUT2D eigenvalue weighted by molar-refractivity contribution is -0.132. The van der Waals surface area contributed by atoms with Gasteiger partial charge in [-0.15, -0.1) is 0 Å². The molecule has 1 saturated heterocycles. The van der Waals surface area contributed by atoms with Crippen LogP contribution in [0.15, 0.2) is 48.5 Å². The first-order valence-electron chi connectivity index (χ1n) is 11.0. The fourth-order valence-corrected chi connectivity index (χ4v) is 3.61. The summed E-state index contributed by atoms with van der Waals surface area (Å²) in [5.74, 6) is 1.24. The van der Waals surface area contributed by atoms with Crippen molar-refractivity contribution in [2.75, 3.05) is 36.4 Å². The molecule has 6 nitrogen and oxygen atoms in total. The Bertz CT molecular complexity index is 868. The molecule has 2 amide bonds. The van der Waals surface area contributed by atoms with Gasteiger partial charge in [-0.1, -0.05) is 13.8 Å².